The molecule has 1 aromatic heterocycles. The van der Waals surface area contributed by atoms with Crippen LogP contribution in [0, 0.1) is 0 Å². The van der Waals surface area contributed by atoms with Crippen LogP contribution in [0.15, 0.2) is 42.7 Å². The minimum Gasteiger partial charge on any atom is -0.348 e. The topological polar surface area (TPSA) is 72.9 Å². The normalized spacial score (nSPS) is 12.1. The monoisotopic (exact) mass is 258 g/mol. The molecule has 0 aliphatic rings. The molecule has 2 aromatic rings. The molecule has 1 amide bonds. The van der Waals surface area contributed by atoms with Crippen LogP contribution in [0.5, 0.6) is 0 Å². The molecule has 100 valence electrons. The van der Waals surface area contributed by atoms with Crippen LogP contribution in [0.2, 0.25) is 0 Å². The molecule has 1 atom stereocenters. The Hall–Kier alpha value is -2.14. The molecular weight excluding hydrogens is 240 g/mol. The van der Waals surface area contributed by atoms with Gasteiger partial charge in [0.05, 0.1) is 6.54 Å². The van der Waals surface area contributed by atoms with E-state index < -0.39 is 0 Å². The Kier molecular flexibility index (Phi) is 4.30. The maximum atomic E-state index is 12.1. The number of rotatable bonds is 5. The number of nitrogens with zero attached hydrogens (tertiary/aromatic N) is 2. The van der Waals surface area contributed by atoms with E-state index in [2.05, 4.69) is 10.4 Å². The van der Waals surface area contributed by atoms with E-state index in [-0.39, 0.29) is 11.9 Å². The summed E-state index contributed by atoms with van der Waals surface area (Å²) in [5.41, 5.74) is 7.15. The second kappa shape index (κ2) is 6.15. The summed E-state index contributed by atoms with van der Waals surface area (Å²) in [6.07, 6.45) is 3.59. The SMILES string of the molecule is CC(Cn1cccn1)NC(=O)c1cccc(CN)c1. The van der Waals surface area contributed by atoms with Gasteiger partial charge in [-0.3, -0.25) is 9.48 Å². The standard InChI is InChI=1S/C14H18N4O/c1-11(10-18-7-3-6-16-18)17-14(19)13-5-2-4-12(8-13)9-15/h2-8,11H,9-10,15H2,1H3,(H,17,19). The molecule has 3 N–H and O–H groups in total. The molecule has 2 rings (SSSR count). The highest BCUT2D eigenvalue weighted by Crippen LogP contribution is 2.05. The van der Waals surface area contributed by atoms with E-state index in [9.17, 15) is 4.79 Å². The second-order valence-electron chi connectivity index (χ2n) is 4.51. The summed E-state index contributed by atoms with van der Waals surface area (Å²) in [6.45, 7) is 3.03. The predicted octanol–water partition coefficient (Wildman–Crippen LogP) is 1.16. The van der Waals surface area contributed by atoms with Crippen molar-refractivity contribution in [1.29, 1.82) is 0 Å². The molecule has 0 saturated carbocycles. The molecule has 0 saturated heterocycles. The van der Waals surface area contributed by atoms with Gasteiger partial charge in [-0.05, 0) is 30.7 Å². The molecule has 5 nitrogen and oxygen atoms in total. The lowest BCUT2D eigenvalue weighted by molar-refractivity contribution is 0.0936. The lowest BCUT2D eigenvalue weighted by atomic mass is 10.1. The zero-order chi connectivity index (χ0) is 13.7. The fourth-order valence-corrected chi connectivity index (χ4v) is 1.88. The van der Waals surface area contributed by atoms with E-state index >= 15 is 0 Å². The highest BCUT2D eigenvalue weighted by Gasteiger charge is 2.10. The van der Waals surface area contributed by atoms with Crippen LogP contribution in [0.3, 0.4) is 0 Å². The maximum Gasteiger partial charge on any atom is 0.251 e. The van der Waals surface area contributed by atoms with Gasteiger partial charge in [0.2, 0.25) is 0 Å². The third-order valence-electron chi connectivity index (χ3n) is 2.82. The molecule has 1 heterocycles. The maximum absolute atomic E-state index is 12.1. The van der Waals surface area contributed by atoms with Crippen LogP contribution in [0.1, 0.15) is 22.8 Å². The van der Waals surface area contributed by atoms with Crippen LogP contribution in [-0.2, 0) is 13.1 Å². The predicted molar refractivity (Wildman–Crippen MR) is 73.5 cm³/mol. The van der Waals surface area contributed by atoms with Gasteiger partial charge in [-0.25, -0.2) is 0 Å². The zero-order valence-corrected chi connectivity index (χ0v) is 10.9. The third kappa shape index (κ3) is 3.66. The van der Waals surface area contributed by atoms with Gasteiger partial charge in [-0.1, -0.05) is 12.1 Å². The number of benzene rings is 1. The van der Waals surface area contributed by atoms with Crippen molar-refractivity contribution in [1.82, 2.24) is 15.1 Å². The first-order valence-electron chi connectivity index (χ1n) is 6.26. The first kappa shape index (κ1) is 13.3. The highest BCUT2D eigenvalue weighted by molar-refractivity contribution is 5.94. The van der Waals surface area contributed by atoms with E-state index in [4.69, 9.17) is 5.73 Å². The molecule has 0 radical (unpaired) electrons. The summed E-state index contributed by atoms with van der Waals surface area (Å²) >= 11 is 0. The smallest absolute Gasteiger partial charge is 0.251 e. The number of nitrogens with one attached hydrogen (secondary N) is 1. The van der Waals surface area contributed by atoms with Crippen molar-refractivity contribution in [3.05, 3.63) is 53.9 Å². The fourth-order valence-electron chi connectivity index (χ4n) is 1.88. The molecule has 0 bridgehead atoms. The van der Waals surface area contributed by atoms with Crippen molar-refractivity contribution in [2.24, 2.45) is 5.73 Å². The lowest BCUT2D eigenvalue weighted by Crippen LogP contribution is -2.35. The molecular formula is C14H18N4O. The Labute approximate surface area is 112 Å². The summed E-state index contributed by atoms with van der Waals surface area (Å²) < 4.78 is 1.79. The van der Waals surface area contributed by atoms with Crippen molar-refractivity contribution in [3.8, 4) is 0 Å². The molecule has 1 unspecified atom stereocenters. The Morgan fingerprint density at radius 1 is 1.47 bits per heavy atom. The molecule has 0 aliphatic heterocycles. The van der Waals surface area contributed by atoms with Crippen molar-refractivity contribution >= 4 is 5.91 Å². The van der Waals surface area contributed by atoms with Gasteiger partial charge < -0.3 is 11.1 Å². The van der Waals surface area contributed by atoms with E-state index in [1.54, 1.807) is 16.9 Å². The molecule has 5 heteroatoms. The van der Waals surface area contributed by atoms with Crippen LogP contribution in [0.25, 0.3) is 0 Å². The average molecular weight is 258 g/mol. The van der Waals surface area contributed by atoms with Gasteiger partial charge in [0, 0.05) is 30.5 Å². The molecule has 0 fully saturated rings. The quantitative estimate of drug-likeness (QED) is 0.845. The van der Waals surface area contributed by atoms with Gasteiger partial charge in [-0.2, -0.15) is 5.10 Å². The lowest BCUT2D eigenvalue weighted by Gasteiger charge is -2.14. The van der Waals surface area contributed by atoms with Gasteiger partial charge >= 0.3 is 0 Å². The van der Waals surface area contributed by atoms with Gasteiger partial charge in [0.15, 0.2) is 0 Å². The third-order valence-corrected chi connectivity index (χ3v) is 2.82. The number of nitrogens with two attached hydrogens (primary N) is 1. The van der Waals surface area contributed by atoms with Gasteiger partial charge in [0.1, 0.15) is 0 Å². The second-order valence-corrected chi connectivity index (χ2v) is 4.51. The Morgan fingerprint density at radius 3 is 3.00 bits per heavy atom. The minimum absolute atomic E-state index is 0.00827. The number of amides is 1. The fraction of sp³-hybridized carbons (Fsp3) is 0.286. The van der Waals surface area contributed by atoms with Crippen molar-refractivity contribution < 1.29 is 4.79 Å². The summed E-state index contributed by atoms with van der Waals surface area (Å²) in [6, 6.07) is 9.22. The molecule has 0 spiro atoms. The van der Waals surface area contributed by atoms with Crippen LogP contribution >= 0.6 is 0 Å². The van der Waals surface area contributed by atoms with Gasteiger partial charge in [-0.15, -0.1) is 0 Å². The first-order valence-corrected chi connectivity index (χ1v) is 6.26. The number of carbonyl (C=O) groups excluding carboxylic acids is 1. The number of carbonyl (C=O) groups is 1. The van der Waals surface area contributed by atoms with E-state index in [0.29, 0.717) is 18.7 Å². The summed E-state index contributed by atoms with van der Waals surface area (Å²) in [4.78, 5) is 12.1. The first-order chi connectivity index (χ1) is 9.19. The van der Waals surface area contributed by atoms with E-state index in [0.717, 1.165) is 5.56 Å². The van der Waals surface area contributed by atoms with Crippen molar-refractivity contribution in [2.75, 3.05) is 0 Å². The number of hydrogen-bond donors (Lipinski definition) is 2. The van der Waals surface area contributed by atoms with Crippen molar-refractivity contribution in [2.45, 2.75) is 26.1 Å². The molecule has 19 heavy (non-hydrogen) atoms. The van der Waals surface area contributed by atoms with Gasteiger partial charge in [0.25, 0.3) is 5.91 Å². The number of aromatic nitrogens is 2. The largest absolute Gasteiger partial charge is 0.348 e. The van der Waals surface area contributed by atoms with Crippen LogP contribution in [-0.4, -0.2) is 21.7 Å². The Bertz CT molecular complexity index is 536. The zero-order valence-electron chi connectivity index (χ0n) is 10.9. The number of hydrogen-bond acceptors (Lipinski definition) is 3. The summed E-state index contributed by atoms with van der Waals surface area (Å²) in [5, 5.41) is 7.06. The summed E-state index contributed by atoms with van der Waals surface area (Å²) in [5.74, 6) is -0.0880. The van der Waals surface area contributed by atoms with Crippen LogP contribution in [0.4, 0.5) is 0 Å². The van der Waals surface area contributed by atoms with E-state index in [1.165, 1.54) is 0 Å². The minimum atomic E-state index is -0.0880. The summed E-state index contributed by atoms with van der Waals surface area (Å²) in [7, 11) is 0. The van der Waals surface area contributed by atoms with Crippen LogP contribution < -0.4 is 11.1 Å². The van der Waals surface area contributed by atoms with Crippen molar-refractivity contribution in [3.63, 3.8) is 0 Å². The average Bonchev–Trinajstić information content (AvgIpc) is 2.91. The Balaban J connectivity index is 1.96. The molecule has 1 aromatic carbocycles. The molecule has 0 aliphatic carbocycles. The Morgan fingerprint density at radius 2 is 2.32 bits per heavy atom. The highest BCUT2D eigenvalue weighted by atomic mass is 16.1. The van der Waals surface area contributed by atoms with E-state index in [1.807, 2.05) is 37.4 Å².